The Hall–Kier alpha value is -3.10. The molecule has 2 heterocycles. The highest BCUT2D eigenvalue weighted by Gasteiger charge is 2.45. The van der Waals surface area contributed by atoms with Crippen molar-refractivity contribution in [2.75, 3.05) is 13.2 Å². The number of aromatic carboxylic acids is 1. The van der Waals surface area contributed by atoms with Crippen molar-refractivity contribution in [2.24, 2.45) is 0 Å². The summed E-state index contributed by atoms with van der Waals surface area (Å²) in [5.74, 6) is 5.75. The minimum atomic E-state index is -0.966. The zero-order valence-electron chi connectivity index (χ0n) is 16.5. The minimum absolute atomic E-state index is 0.239. The number of nitrogens with zero attached hydrogens (tertiary/aromatic N) is 2. The molecule has 2 fully saturated rings. The van der Waals surface area contributed by atoms with Crippen LogP contribution in [0, 0.1) is 18.8 Å². The molecule has 5 nitrogen and oxygen atoms in total. The maximum atomic E-state index is 12.0. The molecule has 0 bridgehead atoms. The first-order valence-corrected chi connectivity index (χ1v) is 9.92. The fourth-order valence-corrected chi connectivity index (χ4v) is 4.34. The fourth-order valence-electron chi connectivity index (χ4n) is 4.34. The van der Waals surface area contributed by atoms with Crippen molar-refractivity contribution >= 4 is 16.9 Å². The average Bonchev–Trinajstić information content (AvgIpc) is 3.46. The van der Waals surface area contributed by atoms with Gasteiger partial charge in [0.05, 0.1) is 30.0 Å². The van der Waals surface area contributed by atoms with E-state index >= 15 is 0 Å². The molecular weight excluding hydrogens is 364 g/mol. The summed E-state index contributed by atoms with van der Waals surface area (Å²) < 4.78 is 7.51. The number of aromatic nitrogens is 2. The van der Waals surface area contributed by atoms with E-state index in [4.69, 9.17) is 9.84 Å². The summed E-state index contributed by atoms with van der Waals surface area (Å²) in [5, 5.41) is 15.5. The first-order valence-electron chi connectivity index (χ1n) is 9.92. The van der Waals surface area contributed by atoms with Gasteiger partial charge in [-0.15, -0.1) is 5.92 Å². The lowest BCUT2D eigenvalue weighted by Gasteiger charge is -2.42. The number of hydrogen-bond acceptors (Lipinski definition) is 3. The summed E-state index contributed by atoms with van der Waals surface area (Å²) in [5.41, 5.74) is 4.40. The van der Waals surface area contributed by atoms with Gasteiger partial charge in [-0.3, -0.25) is 0 Å². The van der Waals surface area contributed by atoms with Gasteiger partial charge >= 0.3 is 5.97 Å². The third-order valence-electron chi connectivity index (χ3n) is 6.08. The van der Waals surface area contributed by atoms with E-state index in [1.54, 1.807) is 19.1 Å². The monoisotopic (exact) mass is 386 g/mol. The van der Waals surface area contributed by atoms with E-state index in [0.29, 0.717) is 24.6 Å². The molecule has 0 amide bonds. The van der Waals surface area contributed by atoms with E-state index in [9.17, 15) is 9.90 Å². The van der Waals surface area contributed by atoms with Crippen molar-refractivity contribution in [2.45, 2.75) is 38.1 Å². The molecule has 2 aromatic carbocycles. The first kappa shape index (κ1) is 18.0. The second-order valence-corrected chi connectivity index (χ2v) is 7.98. The summed E-state index contributed by atoms with van der Waals surface area (Å²) in [6, 6.07) is 12.1. The number of carbonyl (C=O) groups is 1. The molecule has 1 aromatic heterocycles. The summed E-state index contributed by atoms with van der Waals surface area (Å²) in [7, 11) is 0. The van der Waals surface area contributed by atoms with Crippen LogP contribution in [-0.2, 0) is 10.3 Å². The van der Waals surface area contributed by atoms with Crippen LogP contribution in [0.4, 0.5) is 0 Å². The smallest absolute Gasteiger partial charge is 0.337 e. The first-order chi connectivity index (χ1) is 14.0. The molecule has 2 aliphatic rings. The lowest BCUT2D eigenvalue weighted by Crippen LogP contribution is -2.53. The zero-order valence-corrected chi connectivity index (χ0v) is 16.5. The minimum Gasteiger partial charge on any atom is -0.478 e. The highest BCUT2D eigenvalue weighted by atomic mass is 16.5. The van der Waals surface area contributed by atoms with Crippen LogP contribution < -0.4 is 0 Å². The summed E-state index contributed by atoms with van der Waals surface area (Å²) >= 11 is 0. The van der Waals surface area contributed by atoms with Crippen LogP contribution in [0.1, 0.15) is 58.4 Å². The lowest BCUT2D eigenvalue weighted by atomic mass is 9.86. The van der Waals surface area contributed by atoms with Crippen LogP contribution in [0.15, 0.2) is 36.4 Å². The van der Waals surface area contributed by atoms with E-state index in [0.717, 1.165) is 22.2 Å². The Morgan fingerprint density at radius 3 is 2.48 bits per heavy atom. The molecule has 5 rings (SSSR count). The summed E-state index contributed by atoms with van der Waals surface area (Å²) in [6.07, 6.45) is 2.53. The molecular formula is C24H22N2O3. The van der Waals surface area contributed by atoms with Crippen molar-refractivity contribution in [3.63, 3.8) is 0 Å². The largest absolute Gasteiger partial charge is 0.478 e. The Bertz CT molecular complexity index is 1190. The van der Waals surface area contributed by atoms with E-state index in [1.807, 2.05) is 11.6 Å². The molecule has 0 radical (unpaired) electrons. The molecule has 0 unspecified atom stereocenters. The topological polar surface area (TPSA) is 64.3 Å². The van der Waals surface area contributed by atoms with Crippen LogP contribution in [0.5, 0.6) is 0 Å². The van der Waals surface area contributed by atoms with Gasteiger partial charge in [-0.1, -0.05) is 30.2 Å². The van der Waals surface area contributed by atoms with Gasteiger partial charge in [0.1, 0.15) is 5.54 Å². The predicted molar refractivity (Wildman–Crippen MR) is 110 cm³/mol. The van der Waals surface area contributed by atoms with Gasteiger partial charge in [-0.2, -0.15) is 5.10 Å². The molecule has 29 heavy (non-hydrogen) atoms. The quantitative estimate of drug-likeness (QED) is 0.687. The van der Waals surface area contributed by atoms with Crippen LogP contribution in [0.25, 0.3) is 10.9 Å². The number of rotatable bonds is 4. The highest BCUT2D eigenvalue weighted by molar-refractivity contribution is 6.05. The Morgan fingerprint density at radius 1 is 1.21 bits per heavy atom. The maximum Gasteiger partial charge on any atom is 0.337 e. The molecule has 0 spiro atoms. The molecule has 1 saturated carbocycles. The predicted octanol–water partition coefficient (Wildman–Crippen LogP) is 4.07. The average molecular weight is 386 g/mol. The number of carboxylic acid groups (broad SMARTS) is 1. The summed E-state index contributed by atoms with van der Waals surface area (Å²) in [4.78, 5) is 12.0. The van der Waals surface area contributed by atoms with Gasteiger partial charge in [-0.05, 0) is 55.9 Å². The standard InChI is InChI=1S/C24H22N2O3/c1-3-4-18-9-12-20(23(27)28)22-21(18)15(2)25-26(22)24(13-29-14-24)19-10-7-17(8-11-19)16-5-6-16/h7-12,16H,5-6,13-14H2,1-2H3,(H,27,28). The van der Waals surface area contributed by atoms with Crippen molar-refractivity contribution in [3.05, 3.63) is 64.3 Å². The van der Waals surface area contributed by atoms with Gasteiger partial charge in [0.25, 0.3) is 0 Å². The number of aryl methyl sites for hydroxylation is 1. The molecule has 1 aliphatic carbocycles. The van der Waals surface area contributed by atoms with Crippen molar-refractivity contribution in [1.82, 2.24) is 9.78 Å². The second-order valence-electron chi connectivity index (χ2n) is 7.98. The van der Waals surface area contributed by atoms with Crippen LogP contribution in [-0.4, -0.2) is 34.1 Å². The Balaban J connectivity index is 1.75. The van der Waals surface area contributed by atoms with Gasteiger partial charge in [0.2, 0.25) is 0 Å². The summed E-state index contributed by atoms with van der Waals surface area (Å²) in [6.45, 7) is 4.62. The number of fused-ring (bicyclic) bond motifs is 1. The zero-order chi connectivity index (χ0) is 20.2. The van der Waals surface area contributed by atoms with Crippen molar-refractivity contribution in [3.8, 4) is 11.8 Å². The Kier molecular flexibility index (Phi) is 4.01. The van der Waals surface area contributed by atoms with E-state index in [2.05, 4.69) is 36.1 Å². The van der Waals surface area contributed by atoms with Crippen molar-refractivity contribution in [1.29, 1.82) is 0 Å². The van der Waals surface area contributed by atoms with Gasteiger partial charge < -0.3 is 9.84 Å². The molecule has 146 valence electrons. The molecule has 1 aliphatic heterocycles. The molecule has 1 saturated heterocycles. The molecule has 5 heteroatoms. The third-order valence-corrected chi connectivity index (χ3v) is 6.08. The fraction of sp³-hybridized carbons (Fsp3) is 0.333. The normalized spacial score (nSPS) is 17.4. The number of benzene rings is 2. The number of carboxylic acids is 1. The van der Waals surface area contributed by atoms with E-state index in [-0.39, 0.29) is 5.56 Å². The van der Waals surface area contributed by atoms with E-state index < -0.39 is 11.5 Å². The van der Waals surface area contributed by atoms with Gasteiger partial charge in [0, 0.05) is 10.9 Å². The van der Waals surface area contributed by atoms with Crippen LogP contribution in [0.3, 0.4) is 0 Å². The van der Waals surface area contributed by atoms with E-state index in [1.165, 1.54) is 18.4 Å². The Labute approximate surface area is 169 Å². The SMILES string of the molecule is CC#Cc1ccc(C(=O)O)c2c1c(C)nn2C1(c2ccc(C3CC3)cc2)COC1. The molecule has 0 atom stereocenters. The highest BCUT2D eigenvalue weighted by Crippen LogP contribution is 2.42. The van der Waals surface area contributed by atoms with Crippen LogP contribution >= 0.6 is 0 Å². The van der Waals surface area contributed by atoms with Gasteiger partial charge in [-0.25, -0.2) is 9.48 Å². The Morgan fingerprint density at radius 2 is 1.93 bits per heavy atom. The lowest BCUT2D eigenvalue weighted by molar-refractivity contribution is -0.0801. The third kappa shape index (κ3) is 2.67. The van der Waals surface area contributed by atoms with Gasteiger partial charge in [0.15, 0.2) is 0 Å². The van der Waals surface area contributed by atoms with Crippen LogP contribution in [0.2, 0.25) is 0 Å². The molecule has 3 aromatic rings. The molecule has 1 N–H and O–H groups in total. The van der Waals surface area contributed by atoms with Crippen molar-refractivity contribution < 1.29 is 14.6 Å². The second kappa shape index (κ2) is 6.47. The number of ether oxygens (including phenoxy) is 1. The maximum absolute atomic E-state index is 12.0. The number of hydrogen-bond donors (Lipinski definition) is 1.